The maximum atomic E-state index is 11.8. The van der Waals surface area contributed by atoms with Gasteiger partial charge < -0.3 is 4.74 Å². The lowest BCUT2D eigenvalue weighted by molar-refractivity contribution is -0.157. The highest BCUT2D eigenvalue weighted by Crippen LogP contribution is 2.37. The van der Waals surface area contributed by atoms with Gasteiger partial charge in [0.05, 0.1) is 0 Å². The van der Waals surface area contributed by atoms with Gasteiger partial charge in [0.15, 0.2) is 0 Å². The number of hydrogen-bond acceptors (Lipinski definition) is 2. The predicted molar refractivity (Wildman–Crippen MR) is 82.7 cm³/mol. The third kappa shape index (κ3) is 3.05. The Labute approximate surface area is 125 Å². The van der Waals surface area contributed by atoms with Crippen molar-refractivity contribution < 1.29 is 9.53 Å². The molecule has 0 aliphatic carbocycles. The van der Waals surface area contributed by atoms with Crippen LogP contribution in [0, 0.1) is 0 Å². The molecule has 0 bridgehead atoms. The van der Waals surface area contributed by atoms with Crippen LogP contribution in [0.1, 0.15) is 24.0 Å². The number of cyclic esters (lactones) is 1. The lowest BCUT2D eigenvalue weighted by Crippen LogP contribution is -2.34. The Bertz CT molecular complexity index is 631. The number of carbonyl (C=O) groups excluding carboxylic acids is 1. The molecule has 1 unspecified atom stereocenters. The minimum absolute atomic E-state index is 0.252. The zero-order chi connectivity index (χ0) is 14.5. The third-order valence-corrected chi connectivity index (χ3v) is 3.96. The van der Waals surface area contributed by atoms with Crippen molar-refractivity contribution in [1.82, 2.24) is 0 Å². The van der Waals surface area contributed by atoms with E-state index >= 15 is 0 Å². The molecule has 0 N–H and O–H groups in total. The molecule has 0 amide bonds. The highest BCUT2D eigenvalue weighted by molar-refractivity contribution is 5.83. The molecule has 1 aliphatic heterocycles. The minimum atomic E-state index is -0.539. The van der Waals surface area contributed by atoms with Gasteiger partial charge in [-0.05, 0) is 24.0 Å². The quantitative estimate of drug-likeness (QED) is 0.790. The number of carbonyl (C=O) groups is 1. The fourth-order valence-electron chi connectivity index (χ4n) is 2.82. The Hall–Kier alpha value is -2.35. The second-order valence-electron chi connectivity index (χ2n) is 5.37. The SMILES string of the molecule is O=C1C=CCC(CCc2ccccc2)(c2ccccc2)O1. The number of ether oxygens (including phenoxy) is 1. The van der Waals surface area contributed by atoms with Crippen LogP contribution >= 0.6 is 0 Å². The second-order valence-corrected chi connectivity index (χ2v) is 5.37. The number of hydrogen-bond donors (Lipinski definition) is 0. The van der Waals surface area contributed by atoms with Gasteiger partial charge >= 0.3 is 5.97 Å². The Morgan fingerprint density at radius 3 is 2.29 bits per heavy atom. The molecule has 0 radical (unpaired) electrons. The molecule has 0 saturated heterocycles. The van der Waals surface area contributed by atoms with E-state index in [4.69, 9.17) is 4.74 Å². The van der Waals surface area contributed by atoms with Crippen LogP contribution in [0.5, 0.6) is 0 Å². The largest absolute Gasteiger partial charge is 0.451 e. The molecule has 1 aliphatic rings. The van der Waals surface area contributed by atoms with Gasteiger partial charge in [0.25, 0.3) is 0 Å². The van der Waals surface area contributed by atoms with Crippen LogP contribution in [-0.2, 0) is 21.6 Å². The van der Waals surface area contributed by atoms with Gasteiger partial charge in [0.2, 0.25) is 0 Å². The molecule has 0 saturated carbocycles. The van der Waals surface area contributed by atoms with Crippen LogP contribution < -0.4 is 0 Å². The first-order valence-electron chi connectivity index (χ1n) is 7.27. The molecule has 2 nitrogen and oxygen atoms in total. The smallest absolute Gasteiger partial charge is 0.331 e. The third-order valence-electron chi connectivity index (χ3n) is 3.96. The van der Waals surface area contributed by atoms with Crippen molar-refractivity contribution in [2.75, 3.05) is 0 Å². The first kappa shape index (κ1) is 13.6. The average molecular weight is 278 g/mol. The summed E-state index contributed by atoms with van der Waals surface area (Å²) in [4.78, 5) is 11.8. The molecule has 2 aromatic carbocycles. The average Bonchev–Trinajstić information content (AvgIpc) is 2.55. The molecule has 1 heterocycles. The van der Waals surface area contributed by atoms with E-state index in [1.54, 1.807) is 0 Å². The molecule has 0 aromatic heterocycles. The van der Waals surface area contributed by atoms with Crippen molar-refractivity contribution in [2.24, 2.45) is 0 Å². The Balaban J connectivity index is 1.87. The van der Waals surface area contributed by atoms with Crippen molar-refractivity contribution >= 4 is 5.97 Å². The van der Waals surface area contributed by atoms with E-state index < -0.39 is 5.60 Å². The standard InChI is InChI=1S/C19H18O2/c20-18-12-7-14-19(21-18,17-10-5-2-6-11-17)15-13-16-8-3-1-4-9-16/h1-12H,13-15H2. The minimum Gasteiger partial charge on any atom is -0.451 e. The molecular weight excluding hydrogens is 260 g/mol. The van der Waals surface area contributed by atoms with Crippen LogP contribution in [-0.4, -0.2) is 5.97 Å². The lowest BCUT2D eigenvalue weighted by atomic mass is 9.83. The van der Waals surface area contributed by atoms with E-state index in [1.165, 1.54) is 11.6 Å². The number of aryl methyl sites for hydroxylation is 1. The zero-order valence-electron chi connectivity index (χ0n) is 11.9. The molecule has 2 heteroatoms. The first-order chi connectivity index (χ1) is 10.3. The maximum Gasteiger partial charge on any atom is 0.331 e. The van der Waals surface area contributed by atoms with Gasteiger partial charge in [-0.2, -0.15) is 0 Å². The number of rotatable bonds is 4. The maximum absolute atomic E-state index is 11.8. The molecule has 1 atom stereocenters. The van der Waals surface area contributed by atoms with E-state index in [2.05, 4.69) is 12.1 Å². The van der Waals surface area contributed by atoms with Crippen molar-refractivity contribution in [3.05, 3.63) is 83.9 Å². The number of esters is 1. The summed E-state index contributed by atoms with van der Waals surface area (Å²) in [6, 6.07) is 20.4. The molecule has 3 rings (SSSR count). The fourth-order valence-corrected chi connectivity index (χ4v) is 2.82. The van der Waals surface area contributed by atoms with Crippen LogP contribution in [0.15, 0.2) is 72.8 Å². The monoisotopic (exact) mass is 278 g/mol. The van der Waals surface area contributed by atoms with Gasteiger partial charge in [-0.15, -0.1) is 0 Å². The van der Waals surface area contributed by atoms with Gasteiger partial charge in [-0.1, -0.05) is 66.7 Å². The summed E-state index contributed by atoms with van der Waals surface area (Å²) in [6.45, 7) is 0. The van der Waals surface area contributed by atoms with Crippen molar-refractivity contribution in [1.29, 1.82) is 0 Å². The van der Waals surface area contributed by atoms with Crippen molar-refractivity contribution in [3.8, 4) is 0 Å². The summed E-state index contributed by atoms with van der Waals surface area (Å²) in [5.41, 5.74) is 1.79. The summed E-state index contributed by atoms with van der Waals surface area (Å²) in [7, 11) is 0. The van der Waals surface area contributed by atoms with Gasteiger partial charge in [0, 0.05) is 12.5 Å². The van der Waals surface area contributed by atoms with Crippen molar-refractivity contribution in [2.45, 2.75) is 24.9 Å². The predicted octanol–water partition coefficient (Wildman–Crippen LogP) is 4.02. The molecular formula is C19H18O2. The highest BCUT2D eigenvalue weighted by Gasteiger charge is 2.36. The lowest BCUT2D eigenvalue weighted by Gasteiger charge is -2.35. The van der Waals surface area contributed by atoms with Crippen LogP contribution in [0.3, 0.4) is 0 Å². The summed E-state index contributed by atoms with van der Waals surface area (Å²) in [5.74, 6) is -0.252. The molecule has 21 heavy (non-hydrogen) atoms. The topological polar surface area (TPSA) is 26.3 Å². The molecule has 0 fully saturated rings. The van der Waals surface area contributed by atoms with Crippen LogP contribution in [0.4, 0.5) is 0 Å². The van der Waals surface area contributed by atoms with E-state index in [0.29, 0.717) is 0 Å². The first-order valence-corrected chi connectivity index (χ1v) is 7.27. The van der Waals surface area contributed by atoms with Crippen molar-refractivity contribution in [3.63, 3.8) is 0 Å². The summed E-state index contributed by atoms with van der Waals surface area (Å²) >= 11 is 0. The summed E-state index contributed by atoms with van der Waals surface area (Å²) in [6.07, 6.45) is 5.84. The molecule has 106 valence electrons. The Morgan fingerprint density at radius 2 is 1.62 bits per heavy atom. The molecule has 0 spiro atoms. The molecule has 2 aromatic rings. The Kier molecular flexibility index (Phi) is 3.87. The Morgan fingerprint density at radius 1 is 0.952 bits per heavy atom. The zero-order valence-corrected chi connectivity index (χ0v) is 11.9. The van der Waals surface area contributed by atoms with Gasteiger partial charge in [-0.3, -0.25) is 0 Å². The summed E-state index contributed by atoms with van der Waals surface area (Å²) < 4.78 is 5.76. The summed E-state index contributed by atoms with van der Waals surface area (Å²) in [5, 5.41) is 0. The van der Waals surface area contributed by atoms with Crippen LogP contribution in [0.2, 0.25) is 0 Å². The van der Waals surface area contributed by atoms with Gasteiger partial charge in [-0.25, -0.2) is 4.79 Å². The number of benzene rings is 2. The fraction of sp³-hybridized carbons (Fsp3) is 0.211. The second kappa shape index (κ2) is 5.96. The van der Waals surface area contributed by atoms with Crippen LogP contribution in [0.25, 0.3) is 0 Å². The van der Waals surface area contributed by atoms with E-state index in [-0.39, 0.29) is 5.97 Å². The van der Waals surface area contributed by atoms with E-state index in [0.717, 1.165) is 24.8 Å². The highest BCUT2D eigenvalue weighted by atomic mass is 16.6. The van der Waals surface area contributed by atoms with E-state index in [1.807, 2.05) is 54.6 Å². The van der Waals surface area contributed by atoms with E-state index in [9.17, 15) is 4.79 Å². The van der Waals surface area contributed by atoms with Gasteiger partial charge in [0.1, 0.15) is 5.60 Å². The normalized spacial score (nSPS) is 21.0.